The SMILES string of the molecule is Cc1ccc(OCC(O)Cn2c(SCC(=O)O)nc3c2c(=O)n(C)c(=O)n3C)cc1. The maximum atomic E-state index is 12.7. The van der Waals surface area contributed by atoms with Crippen LogP contribution in [-0.2, 0) is 25.4 Å². The van der Waals surface area contributed by atoms with Gasteiger partial charge in [0.1, 0.15) is 18.5 Å². The predicted octanol–water partition coefficient (Wildman–Crippen LogP) is 0.359. The molecular weight excluding hydrogens is 412 g/mol. The van der Waals surface area contributed by atoms with Crippen molar-refractivity contribution >= 4 is 28.9 Å². The van der Waals surface area contributed by atoms with Crippen molar-refractivity contribution in [2.45, 2.75) is 24.7 Å². The highest BCUT2D eigenvalue weighted by Crippen LogP contribution is 2.22. The Kier molecular flexibility index (Phi) is 6.32. The lowest BCUT2D eigenvalue weighted by molar-refractivity contribution is -0.133. The van der Waals surface area contributed by atoms with Gasteiger partial charge in [-0.25, -0.2) is 9.78 Å². The van der Waals surface area contributed by atoms with Crippen LogP contribution in [0.2, 0.25) is 0 Å². The molecule has 11 heteroatoms. The Hall–Kier alpha value is -3.05. The van der Waals surface area contributed by atoms with Gasteiger partial charge in [0.25, 0.3) is 5.56 Å². The van der Waals surface area contributed by atoms with Crippen molar-refractivity contribution in [1.29, 1.82) is 0 Å². The summed E-state index contributed by atoms with van der Waals surface area (Å²) in [5.41, 5.74) is 0.198. The first kappa shape index (κ1) is 21.7. The number of aliphatic hydroxyl groups is 1. The molecule has 0 amide bonds. The largest absolute Gasteiger partial charge is 0.491 e. The van der Waals surface area contributed by atoms with Crippen LogP contribution in [0.3, 0.4) is 0 Å². The van der Waals surface area contributed by atoms with E-state index in [-0.39, 0.29) is 35.2 Å². The van der Waals surface area contributed by atoms with E-state index in [0.29, 0.717) is 5.75 Å². The summed E-state index contributed by atoms with van der Waals surface area (Å²) in [7, 11) is 2.83. The molecule has 3 aromatic rings. The van der Waals surface area contributed by atoms with E-state index in [0.717, 1.165) is 21.9 Å². The molecule has 10 nitrogen and oxygen atoms in total. The zero-order valence-electron chi connectivity index (χ0n) is 16.7. The van der Waals surface area contributed by atoms with Crippen molar-refractivity contribution in [2.24, 2.45) is 14.1 Å². The molecule has 1 unspecified atom stereocenters. The summed E-state index contributed by atoms with van der Waals surface area (Å²) >= 11 is 0.905. The number of aryl methyl sites for hydroxylation is 2. The highest BCUT2D eigenvalue weighted by molar-refractivity contribution is 7.99. The Labute approximate surface area is 175 Å². The maximum absolute atomic E-state index is 12.7. The second-order valence-electron chi connectivity index (χ2n) is 6.84. The first-order valence-corrected chi connectivity index (χ1v) is 10.1. The Morgan fingerprint density at radius 3 is 2.50 bits per heavy atom. The number of aromatic nitrogens is 4. The Morgan fingerprint density at radius 1 is 1.20 bits per heavy atom. The number of carbonyl (C=O) groups is 1. The second kappa shape index (κ2) is 8.76. The van der Waals surface area contributed by atoms with Gasteiger partial charge in [-0.3, -0.25) is 18.7 Å². The zero-order chi connectivity index (χ0) is 22.0. The summed E-state index contributed by atoms with van der Waals surface area (Å²) in [6.45, 7) is 1.85. The number of fused-ring (bicyclic) bond motifs is 1. The van der Waals surface area contributed by atoms with Crippen LogP contribution in [0.25, 0.3) is 11.2 Å². The number of ether oxygens (including phenoxy) is 1. The lowest BCUT2D eigenvalue weighted by atomic mass is 10.2. The molecule has 2 N–H and O–H groups in total. The molecule has 30 heavy (non-hydrogen) atoms. The molecule has 0 aliphatic rings. The summed E-state index contributed by atoms with van der Waals surface area (Å²) in [4.78, 5) is 40.2. The molecular formula is C19H22N4O6S. The van der Waals surface area contributed by atoms with Gasteiger partial charge in [-0.05, 0) is 19.1 Å². The number of aliphatic carboxylic acids is 1. The number of carboxylic acid groups (broad SMARTS) is 1. The summed E-state index contributed by atoms with van der Waals surface area (Å²) < 4.78 is 9.19. The average molecular weight is 434 g/mol. The molecule has 0 fully saturated rings. The molecule has 2 aromatic heterocycles. The summed E-state index contributed by atoms with van der Waals surface area (Å²) in [6.07, 6.45) is -1.00. The van der Waals surface area contributed by atoms with E-state index in [2.05, 4.69) is 4.98 Å². The van der Waals surface area contributed by atoms with Crippen molar-refractivity contribution in [2.75, 3.05) is 12.4 Å². The highest BCUT2D eigenvalue weighted by atomic mass is 32.2. The van der Waals surface area contributed by atoms with E-state index < -0.39 is 23.3 Å². The monoisotopic (exact) mass is 434 g/mol. The lowest BCUT2D eigenvalue weighted by Gasteiger charge is -2.15. The van der Waals surface area contributed by atoms with Crippen molar-refractivity contribution in [3.8, 4) is 5.75 Å². The number of thioether (sulfide) groups is 1. The standard InChI is InChI=1S/C19H22N4O6S/c1-11-4-6-13(7-5-11)29-9-12(24)8-23-15-16(20-18(23)30-10-14(25)26)21(2)19(28)22(3)17(15)27/h4-7,12,24H,8-10H2,1-3H3,(H,25,26). The van der Waals surface area contributed by atoms with Crippen LogP contribution in [-0.4, -0.2) is 53.3 Å². The van der Waals surface area contributed by atoms with Crippen LogP contribution in [0, 0.1) is 6.92 Å². The van der Waals surface area contributed by atoms with Gasteiger partial charge >= 0.3 is 11.7 Å². The number of aliphatic hydroxyl groups excluding tert-OH is 1. The van der Waals surface area contributed by atoms with E-state index >= 15 is 0 Å². The quantitative estimate of drug-likeness (QED) is 0.486. The van der Waals surface area contributed by atoms with Crippen molar-refractivity contribution < 1.29 is 19.7 Å². The van der Waals surface area contributed by atoms with Gasteiger partial charge in [-0.1, -0.05) is 29.5 Å². The van der Waals surface area contributed by atoms with Gasteiger partial charge in [0, 0.05) is 14.1 Å². The fourth-order valence-corrected chi connectivity index (χ4v) is 3.65. The molecule has 0 aliphatic carbocycles. The molecule has 0 bridgehead atoms. The van der Waals surface area contributed by atoms with Crippen molar-refractivity contribution in [3.05, 3.63) is 50.7 Å². The third kappa shape index (κ3) is 4.41. The van der Waals surface area contributed by atoms with Crippen LogP contribution in [0.4, 0.5) is 0 Å². The number of hydrogen-bond acceptors (Lipinski definition) is 7. The van der Waals surface area contributed by atoms with Crippen LogP contribution in [0.15, 0.2) is 39.0 Å². The summed E-state index contributed by atoms with van der Waals surface area (Å²) in [5, 5.41) is 19.7. The minimum absolute atomic E-state index is 0.0438. The van der Waals surface area contributed by atoms with Gasteiger partial charge in [0.2, 0.25) is 0 Å². The molecule has 160 valence electrons. The van der Waals surface area contributed by atoms with E-state index in [1.807, 2.05) is 19.1 Å². The molecule has 3 rings (SSSR count). The first-order valence-electron chi connectivity index (χ1n) is 9.07. The third-order valence-electron chi connectivity index (χ3n) is 4.49. The molecule has 1 aromatic carbocycles. The molecule has 0 saturated heterocycles. The first-order chi connectivity index (χ1) is 14.2. The number of carboxylic acids is 1. The van der Waals surface area contributed by atoms with E-state index in [1.54, 1.807) is 12.1 Å². The fourth-order valence-electron chi connectivity index (χ4n) is 2.92. The highest BCUT2D eigenvalue weighted by Gasteiger charge is 2.22. The Balaban J connectivity index is 1.94. The van der Waals surface area contributed by atoms with Crippen molar-refractivity contribution in [3.63, 3.8) is 0 Å². The molecule has 1 atom stereocenters. The predicted molar refractivity (Wildman–Crippen MR) is 111 cm³/mol. The minimum atomic E-state index is -1.05. The van der Waals surface area contributed by atoms with Crippen LogP contribution in [0.1, 0.15) is 5.56 Å². The summed E-state index contributed by atoms with van der Waals surface area (Å²) in [5.74, 6) is -0.745. The van der Waals surface area contributed by atoms with Gasteiger partial charge in [-0.2, -0.15) is 0 Å². The third-order valence-corrected chi connectivity index (χ3v) is 5.46. The molecule has 0 saturated carbocycles. The van der Waals surface area contributed by atoms with Gasteiger partial charge < -0.3 is 19.5 Å². The molecule has 2 heterocycles. The number of nitrogens with zero attached hydrogens (tertiary/aromatic N) is 4. The molecule has 0 radical (unpaired) electrons. The maximum Gasteiger partial charge on any atom is 0.332 e. The fraction of sp³-hybridized carbons (Fsp3) is 0.368. The number of hydrogen-bond donors (Lipinski definition) is 2. The normalized spacial score (nSPS) is 12.3. The van der Waals surface area contributed by atoms with E-state index in [9.17, 15) is 19.5 Å². The van der Waals surface area contributed by atoms with Gasteiger partial charge in [-0.15, -0.1) is 0 Å². The Bertz CT molecular complexity index is 1190. The van der Waals surface area contributed by atoms with Crippen molar-refractivity contribution in [1.82, 2.24) is 18.7 Å². The average Bonchev–Trinajstić information content (AvgIpc) is 3.07. The zero-order valence-corrected chi connectivity index (χ0v) is 17.5. The molecule has 0 aliphatic heterocycles. The minimum Gasteiger partial charge on any atom is -0.491 e. The van der Waals surface area contributed by atoms with E-state index in [4.69, 9.17) is 9.84 Å². The topological polar surface area (TPSA) is 129 Å². The number of imidazole rings is 1. The van der Waals surface area contributed by atoms with Crippen LogP contribution < -0.4 is 16.0 Å². The Morgan fingerprint density at radius 2 is 1.87 bits per heavy atom. The van der Waals surface area contributed by atoms with Crippen LogP contribution >= 0.6 is 11.8 Å². The summed E-state index contributed by atoms with van der Waals surface area (Å²) in [6, 6.07) is 7.34. The smallest absolute Gasteiger partial charge is 0.332 e. The number of rotatable bonds is 8. The van der Waals surface area contributed by atoms with Gasteiger partial charge in [0.15, 0.2) is 16.3 Å². The number of benzene rings is 1. The second-order valence-corrected chi connectivity index (χ2v) is 7.79. The van der Waals surface area contributed by atoms with Crippen LogP contribution in [0.5, 0.6) is 5.75 Å². The van der Waals surface area contributed by atoms with E-state index in [1.165, 1.54) is 23.2 Å². The van der Waals surface area contributed by atoms with Gasteiger partial charge in [0.05, 0.1) is 12.3 Å². The molecule has 0 spiro atoms. The lowest BCUT2D eigenvalue weighted by Crippen LogP contribution is -2.38.